The molecular weight excluding hydrogens is 272 g/mol. The van der Waals surface area contributed by atoms with Crippen molar-refractivity contribution in [1.29, 1.82) is 0 Å². The molecule has 0 fully saturated rings. The Morgan fingerprint density at radius 3 is 3.06 bits per heavy atom. The van der Waals surface area contributed by atoms with Gasteiger partial charge in [-0.05, 0) is 19.1 Å². The molecule has 0 aliphatic carbocycles. The minimum Gasteiger partial charge on any atom is -0.379 e. The third kappa shape index (κ3) is 4.72. The smallest absolute Gasteiger partial charge is 0.251 e. The summed E-state index contributed by atoms with van der Waals surface area (Å²) in [5.41, 5.74) is 1.47. The van der Waals surface area contributed by atoms with Crippen molar-refractivity contribution in [2.45, 2.75) is 6.92 Å². The number of rotatable bonds is 6. The number of carbonyl (C=O) groups excluding carboxylic acids is 1. The van der Waals surface area contributed by atoms with Gasteiger partial charge in [0.05, 0.1) is 13.2 Å². The number of hydrogen-bond donors (Lipinski definition) is 1. The van der Waals surface area contributed by atoms with Crippen molar-refractivity contribution in [3.05, 3.63) is 29.6 Å². The highest BCUT2D eigenvalue weighted by Crippen LogP contribution is 1.99. The van der Waals surface area contributed by atoms with Gasteiger partial charge in [0.15, 0.2) is 0 Å². The topological polar surface area (TPSA) is 51.2 Å². The molecule has 1 aromatic heterocycles. The van der Waals surface area contributed by atoms with Crippen molar-refractivity contribution in [3.63, 3.8) is 0 Å². The number of nitrogens with one attached hydrogen (secondary N) is 1. The average Bonchev–Trinajstić information content (AvgIpc) is 2.28. The lowest BCUT2D eigenvalue weighted by molar-refractivity contribution is 0.0924. The zero-order chi connectivity index (χ0) is 11.8. The molecule has 0 aliphatic rings. The monoisotopic (exact) mass is 286 g/mol. The number of amides is 1. The molecule has 1 rings (SSSR count). The number of nitrogens with zero attached hydrogens (tertiary/aromatic N) is 1. The van der Waals surface area contributed by atoms with Crippen LogP contribution < -0.4 is 5.32 Å². The zero-order valence-electron chi connectivity index (χ0n) is 9.20. The van der Waals surface area contributed by atoms with Crippen LogP contribution in [-0.4, -0.2) is 36.0 Å². The number of ether oxygens (including phenoxy) is 1. The van der Waals surface area contributed by atoms with Gasteiger partial charge in [-0.15, -0.1) is 0 Å². The Labute approximate surface area is 104 Å². The van der Waals surface area contributed by atoms with Crippen LogP contribution in [0.4, 0.5) is 0 Å². The molecular formula is C11H15BrN2O2. The summed E-state index contributed by atoms with van der Waals surface area (Å²) >= 11 is 3.26. The Bertz CT molecular complexity index is 345. The normalized spacial score (nSPS) is 10.1. The summed E-state index contributed by atoms with van der Waals surface area (Å²) in [6.45, 7) is 3.56. The molecule has 0 saturated carbocycles. The zero-order valence-corrected chi connectivity index (χ0v) is 10.8. The number of aromatic nitrogens is 1. The van der Waals surface area contributed by atoms with Gasteiger partial charge in [-0.3, -0.25) is 9.78 Å². The van der Waals surface area contributed by atoms with E-state index in [1.165, 1.54) is 0 Å². The summed E-state index contributed by atoms with van der Waals surface area (Å²) < 4.78 is 5.22. The highest BCUT2D eigenvalue weighted by Gasteiger charge is 2.04. The van der Waals surface area contributed by atoms with Crippen LogP contribution in [0.3, 0.4) is 0 Å². The molecule has 0 saturated heterocycles. The van der Waals surface area contributed by atoms with Crippen LogP contribution in [0.25, 0.3) is 0 Å². The van der Waals surface area contributed by atoms with E-state index in [9.17, 15) is 4.79 Å². The van der Waals surface area contributed by atoms with Crippen LogP contribution in [0.5, 0.6) is 0 Å². The van der Waals surface area contributed by atoms with Crippen LogP contribution in [0.15, 0.2) is 18.3 Å². The number of carbonyl (C=O) groups is 1. The molecule has 1 N–H and O–H groups in total. The number of alkyl halides is 1. The van der Waals surface area contributed by atoms with Crippen molar-refractivity contribution < 1.29 is 9.53 Å². The van der Waals surface area contributed by atoms with Crippen molar-refractivity contribution in [2.75, 3.05) is 25.1 Å². The fourth-order valence-electron chi connectivity index (χ4n) is 1.18. The van der Waals surface area contributed by atoms with Crippen molar-refractivity contribution in [1.82, 2.24) is 10.3 Å². The fraction of sp³-hybridized carbons (Fsp3) is 0.455. The second-order valence-electron chi connectivity index (χ2n) is 3.24. The number of pyridine rings is 1. The first kappa shape index (κ1) is 13.1. The standard InChI is InChI=1S/C11H15BrN2O2/c1-9-8-10(2-4-13-9)11(15)14-5-7-16-6-3-12/h2,4,8H,3,5-7H2,1H3,(H,14,15). The Morgan fingerprint density at radius 2 is 2.38 bits per heavy atom. The second-order valence-corrected chi connectivity index (χ2v) is 4.04. The first-order valence-electron chi connectivity index (χ1n) is 5.08. The molecule has 0 aromatic carbocycles. The van der Waals surface area contributed by atoms with Crippen LogP contribution in [0.2, 0.25) is 0 Å². The number of halogens is 1. The Hall–Kier alpha value is -0.940. The maximum Gasteiger partial charge on any atom is 0.251 e. The largest absolute Gasteiger partial charge is 0.379 e. The Kier molecular flexibility index (Phi) is 6.03. The van der Waals surface area contributed by atoms with Gasteiger partial charge < -0.3 is 10.1 Å². The maximum atomic E-state index is 11.6. The van der Waals surface area contributed by atoms with E-state index in [2.05, 4.69) is 26.2 Å². The molecule has 0 bridgehead atoms. The summed E-state index contributed by atoms with van der Waals surface area (Å²) in [6, 6.07) is 3.45. The molecule has 1 aromatic rings. The minimum absolute atomic E-state index is 0.0899. The molecule has 16 heavy (non-hydrogen) atoms. The third-order valence-corrected chi connectivity index (χ3v) is 2.24. The fourth-order valence-corrected chi connectivity index (χ4v) is 1.41. The molecule has 1 heterocycles. The molecule has 0 aliphatic heterocycles. The van der Waals surface area contributed by atoms with Crippen LogP contribution in [0.1, 0.15) is 16.1 Å². The lowest BCUT2D eigenvalue weighted by atomic mass is 10.2. The van der Waals surface area contributed by atoms with Crippen LogP contribution in [-0.2, 0) is 4.74 Å². The molecule has 0 radical (unpaired) electrons. The van der Waals surface area contributed by atoms with E-state index in [1.54, 1.807) is 18.3 Å². The summed E-state index contributed by atoms with van der Waals surface area (Å²) in [6.07, 6.45) is 1.63. The predicted octanol–water partition coefficient (Wildman–Crippen LogP) is 1.53. The molecule has 0 atom stereocenters. The van der Waals surface area contributed by atoms with E-state index < -0.39 is 0 Å². The Morgan fingerprint density at radius 1 is 1.56 bits per heavy atom. The first-order chi connectivity index (χ1) is 7.74. The minimum atomic E-state index is -0.0899. The highest BCUT2D eigenvalue weighted by molar-refractivity contribution is 9.09. The number of aryl methyl sites for hydroxylation is 1. The first-order valence-corrected chi connectivity index (χ1v) is 6.20. The van der Waals surface area contributed by atoms with Gasteiger partial charge in [-0.25, -0.2) is 0 Å². The maximum absolute atomic E-state index is 11.6. The predicted molar refractivity (Wildman–Crippen MR) is 65.9 cm³/mol. The summed E-state index contributed by atoms with van der Waals surface area (Å²) in [5, 5.41) is 3.59. The second kappa shape index (κ2) is 7.35. The van der Waals surface area contributed by atoms with Gasteiger partial charge in [0.1, 0.15) is 0 Å². The average molecular weight is 287 g/mol. The SMILES string of the molecule is Cc1cc(C(=O)NCCOCCBr)ccn1. The molecule has 0 spiro atoms. The highest BCUT2D eigenvalue weighted by atomic mass is 79.9. The van der Waals surface area contributed by atoms with Gasteiger partial charge in [0.25, 0.3) is 5.91 Å². The molecule has 1 amide bonds. The van der Waals surface area contributed by atoms with E-state index in [1.807, 2.05) is 6.92 Å². The van der Waals surface area contributed by atoms with E-state index >= 15 is 0 Å². The quantitative estimate of drug-likeness (QED) is 0.637. The third-order valence-electron chi connectivity index (χ3n) is 1.91. The van der Waals surface area contributed by atoms with E-state index in [0.29, 0.717) is 25.3 Å². The van der Waals surface area contributed by atoms with Crippen molar-refractivity contribution in [2.24, 2.45) is 0 Å². The van der Waals surface area contributed by atoms with Gasteiger partial charge in [-0.2, -0.15) is 0 Å². The number of hydrogen-bond acceptors (Lipinski definition) is 3. The lowest BCUT2D eigenvalue weighted by Crippen LogP contribution is -2.27. The van der Waals surface area contributed by atoms with Gasteiger partial charge in [0.2, 0.25) is 0 Å². The van der Waals surface area contributed by atoms with E-state index in [0.717, 1.165) is 11.0 Å². The van der Waals surface area contributed by atoms with Crippen molar-refractivity contribution >= 4 is 21.8 Å². The summed E-state index contributed by atoms with van der Waals surface area (Å²) in [4.78, 5) is 15.7. The van der Waals surface area contributed by atoms with E-state index in [4.69, 9.17) is 4.74 Å². The van der Waals surface area contributed by atoms with Gasteiger partial charge >= 0.3 is 0 Å². The lowest BCUT2D eigenvalue weighted by Gasteiger charge is -2.05. The van der Waals surface area contributed by atoms with Gasteiger partial charge in [0, 0.05) is 29.3 Å². The van der Waals surface area contributed by atoms with E-state index in [-0.39, 0.29) is 5.91 Å². The molecule has 88 valence electrons. The van der Waals surface area contributed by atoms with Gasteiger partial charge in [-0.1, -0.05) is 15.9 Å². The Balaban J connectivity index is 2.30. The molecule has 4 nitrogen and oxygen atoms in total. The van der Waals surface area contributed by atoms with Crippen molar-refractivity contribution in [3.8, 4) is 0 Å². The summed E-state index contributed by atoms with van der Waals surface area (Å²) in [5.74, 6) is -0.0899. The van der Waals surface area contributed by atoms with Crippen LogP contribution >= 0.6 is 15.9 Å². The molecule has 5 heteroatoms. The van der Waals surface area contributed by atoms with Crippen LogP contribution in [0, 0.1) is 6.92 Å². The summed E-state index contributed by atoms with van der Waals surface area (Å²) in [7, 11) is 0. The molecule has 0 unspecified atom stereocenters.